The molecule has 10 heteroatoms. The second-order valence-electron chi connectivity index (χ2n) is 8.69. The van der Waals surface area contributed by atoms with E-state index in [1.54, 1.807) is 61.7 Å². The van der Waals surface area contributed by atoms with Crippen molar-refractivity contribution >= 4 is 33.0 Å². The Morgan fingerprint density at radius 2 is 1.53 bits per heavy atom. The number of nitrogens with zero attached hydrogens (tertiary/aromatic N) is 1. The number of carbonyl (C=O) groups excluding carboxylic acids is 1. The molecule has 4 rings (SSSR count). The minimum atomic E-state index is -3.97. The Morgan fingerprint density at radius 1 is 0.868 bits per heavy atom. The number of sulfonamides is 1. The van der Waals surface area contributed by atoms with E-state index in [9.17, 15) is 13.2 Å². The molecule has 3 aromatic carbocycles. The van der Waals surface area contributed by atoms with E-state index in [0.717, 1.165) is 25.9 Å². The highest BCUT2D eigenvalue weighted by atomic mass is 32.2. The van der Waals surface area contributed by atoms with E-state index in [1.807, 2.05) is 13.8 Å². The van der Waals surface area contributed by atoms with Gasteiger partial charge in [-0.3, -0.25) is 9.52 Å². The molecular weight excluding hydrogens is 506 g/mol. The molecule has 1 aliphatic heterocycles. The Kier molecular flexibility index (Phi) is 8.62. The highest BCUT2D eigenvalue weighted by Crippen LogP contribution is 2.33. The van der Waals surface area contributed by atoms with Crippen LogP contribution in [-0.2, 0) is 10.0 Å². The van der Waals surface area contributed by atoms with E-state index >= 15 is 0 Å². The van der Waals surface area contributed by atoms with E-state index < -0.39 is 15.9 Å². The van der Waals surface area contributed by atoms with Crippen LogP contribution in [0.25, 0.3) is 0 Å². The lowest BCUT2D eigenvalue weighted by Gasteiger charge is -2.22. The van der Waals surface area contributed by atoms with E-state index in [4.69, 9.17) is 14.2 Å². The average Bonchev–Trinajstić information content (AvgIpc) is 3.45. The summed E-state index contributed by atoms with van der Waals surface area (Å²) in [6, 6.07) is 16.5. The van der Waals surface area contributed by atoms with E-state index in [2.05, 4.69) is 14.9 Å². The van der Waals surface area contributed by atoms with Crippen molar-refractivity contribution in [3.8, 4) is 17.2 Å². The Labute approximate surface area is 223 Å². The predicted molar refractivity (Wildman–Crippen MR) is 148 cm³/mol. The largest absolute Gasteiger partial charge is 0.497 e. The molecule has 1 fully saturated rings. The summed E-state index contributed by atoms with van der Waals surface area (Å²) in [5, 5.41) is 2.83. The van der Waals surface area contributed by atoms with Crippen LogP contribution in [0.2, 0.25) is 0 Å². The molecule has 2 N–H and O–H groups in total. The summed E-state index contributed by atoms with van der Waals surface area (Å²) in [4.78, 5) is 15.2. The van der Waals surface area contributed by atoms with E-state index in [1.165, 1.54) is 6.07 Å². The van der Waals surface area contributed by atoms with Crippen LogP contribution in [0, 0.1) is 0 Å². The monoisotopic (exact) mass is 539 g/mol. The van der Waals surface area contributed by atoms with Gasteiger partial charge in [-0.25, -0.2) is 8.42 Å². The first-order valence-electron chi connectivity index (χ1n) is 12.6. The lowest BCUT2D eigenvalue weighted by molar-refractivity contribution is 0.102. The number of nitrogens with one attached hydrogen (secondary N) is 2. The Bertz CT molecular complexity index is 1370. The van der Waals surface area contributed by atoms with E-state index in [-0.39, 0.29) is 4.90 Å². The second-order valence-corrected chi connectivity index (χ2v) is 10.3. The highest BCUT2D eigenvalue weighted by molar-refractivity contribution is 7.92. The van der Waals surface area contributed by atoms with Crippen molar-refractivity contribution in [3.63, 3.8) is 0 Å². The zero-order valence-corrected chi connectivity index (χ0v) is 22.6. The van der Waals surface area contributed by atoms with Gasteiger partial charge in [-0.15, -0.1) is 0 Å². The molecule has 0 spiro atoms. The van der Waals surface area contributed by atoms with Crippen molar-refractivity contribution in [2.24, 2.45) is 0 Å². The number of ether oxygens (including phenoxy) is 3. The van der Waals surface area contributed by atoms with Crippen LogP contribution < -0.4 is 29.1 Å². The molecule has 0 aromatic heterocycles. The predicted octanol–water partition coefficient (Wildman–Crippen LogP) is 5.15. The van der Waals surface area contributed by atoms with Gasteiger partial charge >= 0.3 is 0 Å². The normalized spacial score (nSPS) is 13.2. The maximum Gasteiger partial charge on any atom is 0.264 e. The minimum absolute atomic E-state index is 0.0923. The van der Waals surface area contributed by atoms with Crippen molar-refractivity contribution in [3.05, 3.63) is 66.2 Å². The molecule has 0 unspecified atom stereocenters. The third-order valence-corrected chi connectivity index (χ3v) is 7.51. The molecule has 0 aliphatic carbocycles. The number of hydrogen-bond donors (Lipinski definition) is 2. The average molecular weight is 540 g/mol. The zero-order chi connectivity index (χ0) is 27.1. The Morgan fingerprint density at radius 3 is 2.18 bits per heavy atom. The summed E-state index contributed by atoms with van der Waals surface area (Å²) < 4.78 is 46.1. The summed E-state index contributed by atoms with van der Waals surface area (Å²) in [5.41, 5.74) is 1.73. The van der Waals surface area contributed by atoms with Crippen LogP contribution in [0.1, 0.15) is 37.0 Å². The fourth-order valence-corrected chi connectivity index (χ4v) is 5.60. The third-order valence-electron chi connectivity index (χ3n) is 6.10. The number of anilines is 3. The van der Waals surface area contributed by atoms with Crippen molar-refractivity contribution < 1.29 is 27.4 Å². The molecule has 38 heavy (non-hydrogen) atoms. The second kappa shape index (κ2) is 12.1. The van der Waals surface area contributed by atoms with Crippen LogP contribution in [0.15, 0.2) is 65.6 Å². The van der Waals surface area contributed by atoms with Crippen LogP contribution in [0.4, 0.5) is 17.1 Å². The van der Waals surface area contributed by atoms with Gasteiger partial charge in [-0.05, 0) is 87.4 Å². The molecule has 1 amide bonds. The van der Waals surface area contributed by atoms with E-state index in [0.29, 0.717) is 53.1 Å². The molecular formula is C28H33N3O6S. The molecule has 1 aliphatic rings. The van der Waals surface area contributed by atoms with Gasteiger partial charge in [0.05, 0.1) is 26.0 Å². The molecule has 3 aromatic rings. The highest BCUT2D eigenvalue weighted by Gasteiger charge is 2.25. The Hall–Kier alpha value is -3.92. The molecule has 0 saturated carbocycles. The lowest BCUT2D eigenvalue weighted by Crippen LogP contribution is -2.23. The maximum atomic E-state index is 13.5. The van der Waals surface area contributed by atoms with Gasteiger partial charge in [0.25, 0.3) is 15.9 Å². The third kappa shape index (κ3) is 6.31. The zero-order valence-electron chi connectivity index (χ0n) is 21.8. The van der Waals surface area contributed by atoms with Gasteiger partial charge in [0.15, 0.2) is 11.5 Å². The van der Waals surface area contributed by atoms with Crippen molar-refractivity contribution in [2.45, 2.75) is 31.6 Å². The summed E-state index contributed by atoms with van der Waals surface area (Å²) in [6.45, 7) is 6.15. The number of rotatable bonds is 11. The van der Waals surface area contributed by atoms with Crippen molar-refractivity contribution in [1.82, 2.24) is 0 Å². The van der Waals surface area contributed by atoms with Crippen LogP contribution in [-0.4, -0.2) is 47.7 Å². The number of benzene rings is 3. The van der Waals surface area contributed by atoms with Gasteiger partial charge in [0.1, 0.15) is 10.6 Å². The first-order chi connectivity index (χ1) is 18.3. The molecule has 0 radical (unpaired) electrons. The molecule has 9 nitrogen and oxygen atoms in total. The molecule has 0 bridgehead atoms. The topological polar surface area (TPSA) is 106 Å². The maximum absolute atomic E-state index is 13.5. The summed E-state index contributed by atoms with van der Waals surface area (Å²) in [7, 11) is -2.42. The fraction of sp³-hybridized carbons (Fsp3) is 0.321. The Balaban J connectivity index is 1.63. The van der Waals surface area contributed by atoms with Gasteiger partial charge in [0.2, 0.25) is 0 Å². The van der Waals surface area contributed by atoms with Gasteiger partial charge in [0, 0.05) is 30.0 Å². The standard InChI is InChI=1S/C28H33N3O6S/c1-4-36-25-15-8-20(18-26(25)37-5-2)28(32)29-22-11-14-24(31-16-6-7-17-31)27(19-22)38(33,34)30-21-9-12-23(35-3)13-10-21/h8-15,18-19,30H,4-7,16-17H2,1-3H3,(H,29,32). The number of methoxy groups -OCH3 is 1. The summed E-state index contributed by atoms with van der Waals surface area (Å²) >= 11 is 0. The van der Waals surface area contributed by atoms with Gasteiger partial charge < -0.3 is 24.4 Å². The quantitative estimate of drug-likeness (QED) is 0.347. The SMILES string of the molecule is CCOc1ccc(C(=O)Nc2ccc(N3CCCC3)c(S(=O)(=O)Nc3ccc(OC)cc3)c2)cc1OCC. The molecule has 1 heterocycles. The molecule has 1 saturated heterocycles. The van der Waals surface area contributed by atoms with Gasteiger partial charge in [-0.1, -0.05) is 0 Å². The first kappa shape index (κ1) is 27.1. The summed E-state index contributed by atoms with van der Waals surface area (Å²) in [6.07, 6.45) is 1.98. The van der Waals surface area contributed by atoms with Crippen molar-refractivity contribution in [1.29, 1.82) is 0 Å². The summed E-state index contributed by atoms with van der Waals surface area (Å²) in [5.74, 6) is 1.25. The molecule has 0 atom stereocenters. The lowest BCUT2D eigenvalue weighted by atomic mass is 10.1. The molecule has 202 valence electrons. The van der Waals surface area contributed by atoms with Crippen LogP contribution >= 0.6 is 0 Å². The van der Waals surface area contributed by atoms with Crippen LogP contribution in [0.3, 0.4) is 0 Å². The number of carbonyl (C=O) groups is 1. The van der Waals surface area contributed by atoms with Gasteiger partial charge in [-0.2, -0.15) is 0 Å². The van der Waals surface area contributed by atoms with Crippen LogP contribution in [0.5, 0.6) is 17.2 Å². The number of hydrogen-bond acceptors (Lipinski definition) is 7. The van der Waals surface area contributed by atoms with Crippen molar-refractivity contribution in [2.75, 3.05) is 48.4 Å². The smallest absolute Gasteiger partial charge is 0.264 e. The fourth-order valence-electron chi connectivity index (χ4n) is 4.29. The number of amides is 1. The first-order valence-corrected chi connectivity index (χ1v) is 14.1. The minimum Gasteiger partial charge on any atom is -0.497 e.